The van der Waals surface area contributed by atoms with Crippen molar-refractivity contribution < 1.29 is 0 Å². The normalized spacial score (nSPS) is 16.9. The van der Waals surface area contributed by atoms with Crippen molar-refractivity contribution in [1.82, 2.24) is 19.7 Å². The van der Waals surface area contributed by atoms with Gasteiger partial charge in [0.15, 0.2) is 0 Å². The van der Waals surface area contributed by atoms with E-state index in [2.05, 4.69) is 51.7 Å². The second-order valence-corrected chi connectivity index (χ2v) is 5.64. The van der Waals surface area contributed by atoms with E-state index >= 15 is 0 Å². The summed E-state index contributed by atoms with van der Waals surface area (Å²) in [7, 11) is 0. The number of hydrogen-bond acceptors (Lipinski definition) is 4. The van der Waals surface area contributed by atoms with E-state index in [9.17, 15) is 0 Å². The van der Waals surface area contributed by atoms with Crippen LogP contribution in [0.4, 0.5) is 0 Å². The number of fused-ring (bicyclic) bond motifs is 1. The van der Waals surface area contributed by atoms with Crippen molar-refractivity contribution >= 4 is 0 Å². The summed E-state index contributed by atoms with van der Waals surface area (Å²) in [6.07, 6.45) is 1.80. The van der Waals surface area contributed by atoms with Gasteiger partial charge in [0.05, 0.1) is 6.54 Å². The standard InChI is InChI=1S/C15H21N5/c1-11-3-4-12(2)13(7-11)14(16)8-19-5-6-20-10-17-18-15(20)9-19/h3-4,7,10,14H,5-6,8-9,16H2,1-2H3. The van der Waals surface area contributed by atoms with Crippen LogP contribution in [-0.4, -0.2) is 32.8 Å². The van der Waals surface area contributed by atoms with E-state index in [0.29, 0.717) is 0 Å². The van der Waals surface area contributed by atoms with Crippen LogP contribution in [0.2, 0.25) is 0 Å². The molecule has 5 heteroatoms. The van der Waals surface area contributed by atoms with Crippen molar-refractivity contribution in [3.05, 3.63) is 47.0 Å². The fraction of sp³-hybridized carbons (Fsp3) is 0.467. The van der Waals surface area contributed by atoms with Crippen molar-refractivity contribution in [2.45, 2.75) is 33.0 Å². The SMILES string of the molecule is Cc1ccc(C)c(C(N)CN2CCn3cnnc3C2)c1. The minimum atomic E-state index is 0.0457. The molecule has 0 fully saturated rings. The van der Waals surface area contributed by atoms with Crippen LogP contribution in [0.15, 0.2) is 24.5 Å². The van der Waals surface area contributed by atoms with E-state index < -0.39 is 0 Å². The quantitative estimate of drug-likeness (QED) is 0.917. The molecule has 0 saturated heterocycles. The van der Waals surface area contributed by atoms with Gasteiger partial charge in [0.2, 0.25) is 0 Å². The number of nitrogens with two attached hydrogens (primary N) is 1. The molecule has 0 amide bonds. The minimum absolute atomic E-state index is 0.0457. The van der Waals surface area contributed by atoms with E-state index in [-0.39, 0.29) is 6.04 Å². The van der Waals surface area contributed by atoms with Crippen LogP contribution in [0, 0.1) is 13.8 Å². The third-order valence-corrected chi connectivity index (χ3v) is 4.01. The number of hydrogen-bond donors (Lipinski definition) is 1. The average molecular weight is 271 g/mol. The predicted octanol–water partition coefficient (Wildman–Crippen LogP) is 1.41. The molecule has 0 saturated carbocycles. The predicted molar refractivity (Wildman–Crippen MR) is 78.1 cm³/mol. The Kier molecular flexibility index (Phi) is 3.54. The van der Waals surface area contributed by atoms with Crippen LogP contribution in [-0.2, 0) is 13.1 Å². The molecule has 2 aromatic rings. The lowest BCUT2D eigenvalue weighted by atomic mass is 9.99. The van der Waals surface area contributed by atoms with Gasteiger partial charge in [-0.2, -0.15) is 0 Å². The Bertz CT molecular complexity index is 604. The molecule has 1 aliphatic rings. The summed E-state index contributed by atoms with van der Waals surface area (Å²) in [5, 5.41) is 8.11. The highest BCUT2D eigenvalue weighted by Gasteiger charge is 2.20. The molecule has 106 valence electrons. The zero-order chi connectivity index (χ0) is 14.1. The molecule has 1 aromatic carbocycles. The highest BCUT2D eigenvalue weighted by atomic mass is 15.3. The van der Waals surface area contributed by atoms with E-state index in [1.54, 1.807) is 6.33 Å². The Balaban J connectivity index is 1.71. The van der Waals surface area contributed by atoms with Crippen LogP contribution in [0.25, 0.3) is 0 Å². The monoisotopic (exact) mass is 271 g/mol. The first kappa shape index (κ1) is 13.3. The lowest BCUT2D eigenvalue weighted by molar-refractivity contribution is 0.205. The number of aryl methyl sites for hydroxylation is 2. The molecule has 5 nitrogen and oxygen atoms in total. The van der Waals surface area contributed by atoms with E-state index in [1.807, 2.05) is 0 Å². The molecule has 0 aliphatic carbocycles. The zero-order valence-corrected chi connectivity index (χ0v) is 12.1. The number of aromatic nitrogens is 3. The number of rotatable bonds is 3. The summed E-state index contributed by atoms with van der Waals surface area (Å²) in [6, 6.07) is 6.53. The summed E-state index contributed by atoms with van der Waals surface area (Å²) in [5.74, 6) is 1.03. The first-order chi connectivity index (χ1) is 9.63. The largest absolute Gasteiger partial charge is 0.323 e. The Morgan fingerprint density at radius 2 is 2.15 bits per heavy atom. The van der Waals surface area contributed by atoms with Gasteiger partial charge in [0.1, 0.15) is 12.2 Å². The second kappa shape index (κ2) is 5.34. The maximum atomic E-state index is 6.41. The van der Waals surface area contributed by atoms with Gasteiger partial charge in [-0.3, -0.25) is 4.90 Å². The van der Waals surface area contributed by atoms with Crippen LogP contribution < -0.4 is 5.73 Å². The zero-order valence-electron chi connectivity index (χ0n) is 12.1. The van der Waals surface area contributed by atoms with Crippen molar-refractivity contribution in [3.8, 4) is 0 Å². The number of benzene rings is 1. The molecule has 0 bridgehead atoms. The first-order valence-corrected chi connectivity index (χ1v) is 7.05. The first-order valence-electron chi connectivity index (χ1n) is 7.05. The van der Waals surface area contributed by atoms with Gasteiger partial charge in [-0.25, -0.2) is 0 Å². The summed E-state index contributed by atoms with van der Waals surface area (Å²) in [5.41, 5.74) is 10.2. The lowest BCUT2D eigenvalue weighted by Gasteiger charge is -2.29. The molecule has 1 unspecified atom stereocenters. The molecule has 2 N–H and O–H groups in total. The van der Waals surface area contributed by atoms with Crippen LogP contribution >= 0.6 is 0 Å². The molecular formula is C15H21N5. The molecule has 3 rings (SSSR count). The van der Waals surface area contributed by atoms with Crippen LogP contribution in [0.5, 0.6) is 0 Å². The van der Waals surface area contributed by atoms with Gasteiger partial charge in [-0.1, -0.05) is 23.8 Å². The molecule has 0 spiro atoms. The molecule has 20 heavy (non-hydrogen) atoms. The third kappa shape index (κ3) is 2.59. The Labute approximate surface area is 119 Å². The fourth-order valence-electron chi connectivity index (χ4n) is 2.81. The van der Waals surface area contributed by atoms with Crippen molar-refractivity contribution in [3.63, 3.8) is 0 Å². The fourth-order valence-corrected chi connectivity index (χ4v) is 2.81. The van der Waals surface area contributed by atoms with Gasteiger partial charge in [-0.05, 0) is 25.0 Å². The maximum absolute atomic E-state index is 6.41. The van der Waals surface area contributed by atoms with Crippen molar-refractivity contribution in [1.29, 1.82) is 0 Å². The van der Waals surface area contributed by atoms with Crippen molar-refractivity contribution in [2.24, 2.45) is 5.73 Å². The molecule has 2 heterocycles. The van der Waals surface area contributed by atoms with Gasteiger partial charge in [-0.15, -0.1) is 10.2 Å². The Morgan fingerprint density at radius 3 is 3.00 bits per heavy atom. The summed E-state index contributed by atoms with van der Waals surface area (Å²) in [6.45, 7) is 7.88. The van der Waals surface area contributed by atoms with Gasteiger partial charge >= 0.3 is 0 Å². The topological polar surface area (TPSA) is 60.0 Å². The Morgan fingerprint density at radius 1 is 1.30 bits per heavy atom. The smallest absolute Gasteiger partial charge is 0.147 e. The van der Waals surface area contributed by atoms with E-state index in [0.717, 1.165) is 32.0 Å². The van der Waals surface area contributed by atoms with E-state index in [4.69, 9.17) is 5.73 Å². The molecule has 1 atom stereocenters. The van der Waals surface area contributed by atoms with Gasteiger partial charge < -0.3 is 10.3 Å². The summed E-state index contributed by atoms with van der Waals surface area (Å²) >= 11 is 0. The molecule has 1 aliphatic heterocycles. The maximum Gasteiger partial charge on any atom is 0.147 e. The summed E-state index contributed by atoms with van der Waals surface area (Å²) in [4.78, 5) is 2.36. The Hall–Kier alpha value is -1.72. The van der Waals surface area contributed by atoms with Crippen LogP contribution in [0.3, 0.4) is 0 Å². The lowest BCUT2D eigenvalue weighted by Crippen LogP contribution is -2.38. The average Bonchev–Trinajstić information content (AvgIpc) is 2.89. The minimum Gasteiger partial charge on any atom is -0.323 e. The van der Waals surface area contributed by atoms with Crippen LogP contribution in [0.1, 0.15) is 28.6 Å². The molecular weight excluding hydrogens is 250 g/mol. The van der Waals surface area contributed by atoms with Gasteiger partial charge in [0, 0.05) is 25.7 Å². The number of nitrogens with zero attached hydrogens (tertiary/aromatic N) is 4. The molecule has 1 aromatic heterocycles. The van der Waals surface area contributed by atoms with Gasteiger partial charge in [0.25, 0.3) is 0 Å². The van der Waals surface area contributed by atoms with Crippen molar-refractivity contribution in [2.75, 3.05) is 13.1 Å². The highest BCUT2D eigenvalue weighted by molar-refractivity contribution is 5.33. The second-order valence-electron chi connectivity index (χ2n) is 5.64. The summed E-state index contributed by atoms with van der Waals surface area (Å²) < 4.78 is 2.11. The van der Waals surface area contributed by atoms with E-state index in [1.165, 1.54) is 16.7 Å². The third-order valence-electron chi connectivity index (χ3n) is 4.01. The molecule has 0 radical (unpaired) electrons. The highest BCUT2D eigenvalue weighted by Crippen LogP contribution is 2.20.